The van der Waals surface area contributed by atoms with Crippen molar-refractivity contribution in [2.24, 2.45) is 5.92 Å². The number of rotatable bonds is 4. The summed E-state index contributed by atoms with van der Waals surface area (Å²) in [5.41, 5.74) is 1.74. The average molecular weight is 262 g/mol. The number of carbonyl (C=O) groups excluding carboxylic acids is 1. The zero-order valence-corrected chi connectivity index (χ0v) is 11.4. The lowest BCUT2D eigenvalue weighted by molar-refractivity contribution is -0.118. The lowest BCUT2D eigenvalue weighted by Crippen LogP contribution is -2.30. The third kappa shape index (κ3) is 3.96. The molecule has 4 heteroatoms. The first-order valence-corrected chi connectivity index (χ1v) is 6.96. The highest BCUT2D eigenvalue weighted by molar-refractivity contribution is 5.91. The molecule has 0 bridgehead atoms. The molecule has 1 aliphatic rings. The van der Waals surface area contributed by atoms with Gasteiger partial charge in [-0.05, 0) is 37.0 Å². The molecule has 0 aromatic heterocycles. The van der Waals surface area contributed by atoms with Crippen molar-refractivity contribution in [1.29, 1.82) is 0 Å². The molecule has 1 aliphatic carbocycles. The van der Waals surface area contributed by atoms with Crippen LogP contribution in [0.25, 0.3) is 0 Å². The maximum absolute atomic E-state index is 11.2. The van der Waals surface area contributed by atoms with Crippen molar-refractivity contribution in [3.8, 4) is 0 Å². The lowest BCUT2D eigenvalue weighted by atomic mass is 9.86. The van der Waals surface area contributed by atoms with Crippen LogP contribution in [-0.4, -0.2) is 23.7 Å². The summed E-state index contributed by atoms with van der Waals surface area (Å²) in [5, 5.41) is 14.9. The first kappa shape index (κ1) is 13.9. The van der Waals surface area contributed by atoms with E-state index in [-0.39, 0.29) is 5.91 Å². The fraction of sp³-hybridized carbons (Fsp3) is 0.533. The van der Waals surface area contributed by atoms with E-state index in [4.69, 9.17) is 5.11 Å². The van der Waals surface area contributed by atoms with Crippen molar-refractivity contribution < 1.29 is 9.90 Å². The Hall–Kier alpha value is -1.55. The summed E-state index contributed by atoms with van der Waals surface area (Å²) in [6.45, 7) is 1.80. The number of carbonyl (C=O) groups is 1. The third-order valence-corrected chi connectivity index (χ3v) is 3.75. The topological polar surface area (TPSA) is 61.4 Å². The van der Waals surface area contributed by atoms with Crippen molar-refractivity contribution in [1.82, 2.24) is 0 Å². The van der Waals surface area contributed by atoms with Crippen LogP contribution in [-0.2, 0) is 4.79 Å². The molecule has 2 unspecified atom stereocenters. The minimum Gasteiger partial charge on any atom is -0.387 e. The molecule has 104 valence electrons. The number of nitrogens with one attached hydrogen (secondary N) is 2. The molecule has 1 saturated carbocycles. The smallest absolute Gasteiger partial charge is 0.250 e. The largest absolute Gasteiger partial charge is 0.387 e. The Morgan fingerprint density at radius 2 is 2.05 bits per heavy atom. The van der Waals surface area contributed by atoms with Crippen LogP contribution >= 0.6 is 0 Å². The van der Waals surface area contributed by atoms with E-state index in [0.717, 1.165) is 5.69 Å². The number of aliphatic hydroxyl groups is 1. The van der Waals surface area contributed by atoms with E-state index in [9.17, 15) is 4.79 Å². The molecule has 0 heterocycles. The Kier molecular flexibility index (Phi) is 4.80. The molecule has 2 rings (SSSR count). The molecule has 0 radical (unpaired) electrons. The Morgan fingerprint density at radius 3 is 2.79 bits per heavy atom. The van der Waals surface area contributed by atoms with Gasteiger partial charge in [-0.3, -0.25) is 4.79 Å². The molecule has 2 atom stereocenters. The van der Waals surface area contributed by atoms with E-state index < -0.39 is 6.61 Å². The van der Waals surface area contributed by atoms with Gasteiger partial charge in [-0.1, -0.05) is 25.8 Å². The maximum Gasteiger partial charge on any atom is 0.250 e. The lowest BCUT2D eigenvalue weighted by Gasteiger charge is -2.30. The van der Waals surface area contributed by atoms with Crippen LogP contribution in [0.1, 0.15) is 32.6 Å². The molecule has 1 amide bonds. The van der Waals surface area contributed by atoms with E-state index in [0.29, 0.717) is 17.6 Å². The fourth-order valence-corrected chi connectivity index (χ4v) is 2.63. The Labute approximate surface area is 114 Å². The van der Waals surface area contributed by atoms with Gasteiger partial charge in [0.25, 0.3) is 0 Å². The van der Waals surface area contributed by atoms with Gasteiger partial charge in [-0.2, -0.15) is 0 Å². The number of aliphatic hydroxyl groups excluding tert-OH is 1. The van der Waals surface area contributed by atoms with Gasteiger partial charge in [-0.25, -0.2) is 0 Å². The number of hydrogen-bond donors (Lipinski definition) is 3. The second kappa shape index (κ2) is 6.57. The minimum absolute atomic E-state index is 0.386. The van der Waals surface area contributed by atoms with Crippen LogP contribution in [0.2, 0.25) is 0 Å². The average Bonchev–Trinajstić information content (AvgIpc) is 2.42. The van der Waals surface area contributed by atoms with Crippen molar-refractivity contribution in [2.75, 3.05) is 17.2 Å². The van der Waals surface area contributed by atoms with Gasteiger partial charge >= 0.3 is 0 Å². The number of amides is 1. The van der Waals surface area contributed by atoms with E-state index >= 15 is 0 Å². The molecule has 0 spiro atoms. The van der Waals surface area contributed by atoms with Crippen LogP contribution < -0.4 is 10.6 Å². The predicted octanol–water partition coefficient (Wildman–Crippen LogP) is 2.61. The summed E-state index contributed by atoms with van der Waals surface area (Å²) in [6.07, 6.45) is 5.09. The first-order chi connectivity index (χ1) is 9.19. The summed E-state index contributed by atoms with van der Waals surface area (Å²) in [5.74, 6) is 0.299. The summed E-state index contributed by atoms with van der Waals surface area (Å²) < 4.78 is 0. The van der Waals surface area contributed by atoms with Crippen molar-refractivity contribution in [2.45, 2.75) is 38.6 Å². The van der Waals surface area contributed by atoms with Crippen molar-refractivity contribution in [3.05, 3.63) is 24.3 Å². The highest BCUT2D eigenvalue weighted by atomic mass is 16.3. The molecule has 0 saturated heterocycles. The summed E-state index contributed by atoms with van der Waals surface area (Å²) in [7, 11) is 0. The van der Waals surface area contributed by atoms with Crippen molar-refractivity contribution >= 4 is 17.3 Å². The van der Waals surface area contributed by atoms with E-state index in [1.807, 2.05) is 24.3 Å². The van der Waals surface area contributed by atoms with Gasteiger partial charge in [0.05, 0.1) is 0 Å². The highest BCUT2D eigenvalue weighted by Crippen LogP contribution is 2.27. The Balaban J connectivity index is 2.00. The second-order valence-electron chi connectivity index (χ2n) is 5.30. The number of hydrogen-bond acceptors (Lipinski definition) is 3. The minimum atomic E-state index is -0.489. The summed E-state index contributed by atoms with van der Waals surface area (Å²) in [6, 6.07) is 8.16. The molecule has 1 aromatic rings. The van der Waals surface area contributed by atoms with Crippen LogP contribution in [0.3, 0.4) is 0 Å². The van der Waals surface area contributed by atoms with Gasteiger partial charge in [0.2, 0.25) is 5.91 Å². The standard InChI is InChI=1S/C15H22N2O2/c1-11-5-2-3-8-14(11)16-12-6-4-7-13(9-12)17-15(19)10-18/h4,6-7,9,11,14,16,18H,2-3,5,8,10H2,1H3,(H,17,19). The van der Waals surface area contributed by atoms with E-state index in [2.05, 4.69) is 17.6 Å². The number of benzene rings is 1. The molecule has 4 nitrogen and oxygen atoms in total. The molecule has 1 aromatic carbocycles. The normalized spacial score (nSPS) is 22.8. The molecule has 19 heavy (non-hydrogen) atoms. The Morgan fingerprint density at radius 1 is 1.32 bits per heavy atom. The van der Waals surface area contributed by atoms with Crippen LogP contribution in [0.4, 0.5) is 11.4 Å². The monoisotopic (exact) mass is 262 g/mol. The Bertz CT molecular complexity index is 434. The SMILES string of the molecule is CC1CCCCC1Nc1cccc(NC(=O)CO)c1. The quantitative estimate of drug-likeness (QED) is 0.781. The fourth-order valence-electron chi connectivity index (χ4n) is 2.63. The van der Waals surface area contributed by atoms with Crippen LogP contribution in [0, 0.1) is 5.92 Å². The highest BCUT2D eigenvalue weighted by Gasteiger charge is 2.20. The van der Waals surface area contributed by atoms with Crippen molar-refractivity contribution in [3.63, 3.8) is 0 Å². The maximum atomic E-state index is 11.2. The second-order valence-corrected chi connectivity index (χ2v) is 5.30. The van der Waals surface area contributed by atoms with Gasteiger partial charge < -0.3 is 15.7 Å². The third-order valence-electron chi connectivity index (χ3n) is 3.75. The molecule has 3 N–H and O–H groups in total. The van der Waals surface area contributed by atoms with Crippen LogP contribution in [0.15, 0.2) is 24.3 Å². The molecule has 0 aliphatic heterocycles. The van der Waals surface area contributed by atoms with E-state index in [1.54, 1.807) is 0 Å². The van der Waals surface area contributed by atoms with Gasteiger partial charge in [-0.15, -0.1) is 0 Å². The molecular formula is C15H22N2O2. The van der Waals surface area contributed by atoms with Gasteiger partial charge in [0.1, 0.15) is 6.61 Å². The zero-order valence-electron chi connectivity index (χ0n) is 11.4. The molecule has 1 fully saturated rings. The van der Waals surface area contributed by atoms with Crippen LogP contribution in [0.5, 0.6) is 0 Å². The van der Waals surface area contributed by atoms with Gasteiger partial charge in [0.15, 0.2) is 0 Å². The predicted molar refractivity (Wildman–Crippen MR) is 77.2 cm³/mol. The number of anilines is 2. The van der Waals surface area contributed by atoms with E-state index in [1.165, 1.54) is 25.7 Å². The van der Waals surface area contributed by atoms with Gasteiger partial charge in [0, 0.05) is 17.4 Å². The first-order valence-electron chi connectivity index (χ1n) is 6.96. The summed E-state index contributed by atoms with van der Waals surface area (Å²) >= 11 is 0. The molecular weight excluding hydrogens is 240 g/mol. The summed E-state index contributed by atoms with van der Waals surface area (Å²) in [4.78, 5) is 11.2. The zero-order chi connectivity index (χ0) is 13.7.